The zero-order chi connectivity index (χ0) is 23.9. The zero-order valence-corrected chi connectivity index (χ0v) is 20.0. The second kappa shape index (κ2) is 8.95. The molecule has 34 heavy (non-hydrogen) atoms. The third-order valence-electron chi connectivity index (χ3n) is 5.58. The van der Waals surface area contributed by atoms with Crippen LogP contribution in [0.4, 0.5) is 0 Å². The first-order chi connectivity index (χ1) is 16.3. The summed E-state index contributed by atoms with van der Waals surface area (Å²) in [7, 11) is -3.95. The maximum absolute atomic E-state index is 13.3. The number of ether oxygens (including phenoxy) is 1. The number of aromatic amines is 1. The third kappa shape index (κ3) is 4.25. The van der Waals surface area contributed by atoms with Crippen LogP contribution in [0.5, 0.6) is 0 Å². The first kappa shape index (κ1) is 22.7. The van der Waals surface area contributed by atoms with Crippen LogP contribution < -0.4 is 5.56 Å². The van der Waals surface area contributed by atoms with E-state index >= 15 is 0 Å². The number of rotatable bonds is 5. The Morgan fingerprint density at radius 3 is 2.79 bits per heavy atom. The molecule has 11 heteroatoms. The second-order valence-corrected chi connectivity index (χ2v) is 11.0. The maximum atomic E-state index is 13.3. The molecule has 3 heterocycles. The molecule has 0 aliphatic carbocycles. The van der Waals surface area contributed by atoms with Crippen LogP contribution in [-0.4, -0.2) is 35.2 Å². The Labute approximate surface area is 203 Å². The highest BCUT2D eigenvalue weighted by atomic mass is 35.5. The predicted octanol–water partition coefficient (Wildman–Crippen LogP) is 3.74. The SMILES string of the molecule is O=C(OCc1nc2ccsc2c(=O)[nH]1)c1ccc(Cl)c(S(=O)(=O)N2CCc3ccccc3C2)c1. The summed E-state index contributed by atoms with van der Waals surface area (Å²) < 4.78 is 33.8. The molecule has 5 rings (SSSR count). The van der Waals surface area contributed by atoms with Crippen molar-refractivity contribution in [3.8, 4) is 0 Å². The van der Waals surface area contributed by atoms with Gasteiger partial charge in [-0.25, -0.2) is 18.2 Å². The van der Waals surface area contributed by atoms with Crippen LogP contribution in [-0.2, 0) is 34.3 Å². The number of aromatic nitrogens is 2. The van der Waals surface area contributed by atoms with Crippen molar-refractivity contribution < 1.29 is 17.9 Å². The molecule has 8 nitrogen and oxygen atoms in total. The monoisotopic (exact) mass is 515 g/mol. The number of hydrogen-bond acceptors (Lipinski definition) is 7. The number of benzene rings is 2. The molecule has 0 amide bonds. The topological polar surface area (TPSA) is 109 Å². The first-order valence-electron chi connectivity index (χ1n) is 10.3. The number of hydrogen-bond donors (Lipinski definition) is 1. The molecule has 0 saturated carbocycles. The molecule has 2 aromatic heterocycles. The van der Waals surface area contributed by atoms with Gasteiger partial charge in [-0.15, -0.1) is 11.3 Å². The van der Waals surface area contributed by atoms with Gasteiger partial charge < -0.3 is 9.72 Å². The fourth-order valence-corrected chi connectivity index (χ4v) is 6.49. The standard InChI is InChI=1S/C23H18ClN3O5S2/c24-17-6-5-15(23(29)32-13-20-25-18-8-10-33-21(18)22(28)26-20)11-19(17)34(30,31)27-9-7-14-3-1-2-4-16(14)12-27/h1-6,8,10-11H,7,9,12-13H2,(H,25,26,28). The lowest BCUT2D eigenvalue weighted by molar-refractivity contribution is 0.0462. The fraction of sp³-hybridized carbons (Fsp3) is 0.174. The van der Waals surface area contributed by atoms with Gasteiger partial charge in [-0.1, -0.05) is 35.9 Å². The van der Waals surface area contributed by atoms with Crippen molar-refractivity contribution in [2.24, 2.45) is 0 Å². The Kier molecular flexibility index (Phi) is 5.98. The van der Waals surface area contributed by atoms with Crippen LogP contribution in [0.1, 0.15) is 27.3 Å². The number of fused-ring (bicyclic) bond motifs is 2. The van der Waals surface area contributed by atoms with E-state index in [1.54, 1.807) is 11.4 Å². The van der Waals surface area contributed by atoms with Crippen LogP contribution in [0.3, 0.4) is 0 Å². The van der Waals surface area contributed by atoms with Crippen LogP contribution in [0.2, 0.25) is 5.02 Å². The van der Waals surface area contributed by atoms with Crippen molar-refractivity contribution in [1.29, 1.82) is 0 Å². The molecular weight excluding hydrogens is 498 g/mol. The van der Waals surface area contributed by atoms with E-state index in [4.69, 9.17) is 16.3 Å². The number of esters is 1. The van der Waals surface area contributed by atoms with E-state index in [0.29, 0.717) is 23.2 Å². The Balaban J connectivity index is 1.36. The molecule has 2 aromatic carbocycles. The number of thiophene rings is 1. The number of nitrogens with one attached hydrogen (secondary N) is 1. The van der Waals surface area contributed by atoms with Gasteiger partial charge in [-0.3, -0.25) is 4.79 Å². The summed E-state index contributed by atoms with van der Waals surface area (Å²) in [6, 6.07) is 13.4. The molecule has 0 fully saturated rings. The van der Waals surface area contributed by atoms with E-state index in [-0.39, 0.29) is 40.0 Å². The lowest BCUT2D eigenvalue weighted by Gasteiger charge is -2.28. The van der Waals surface area contributed by atoms with Gasteiger partial charge in [0.15, 0.2) is 0 Å². The molecule has 0 bridgehead atoms. The van der Waals surface area contributed by atoms with Crippen molar-refractivity contribution in [3.63, 3.8) is 0 Å². The van der Waals surface area contributed by atoms with Gasteiger partial charge in [-0.2, -0.15) is 4.31 Å². The number of halogens is 1. The van der Waals surface area contributed by atoms with Crippen molar-refractivity contribution in [1.82, 2.24) is 14.3 Å². The average Bonchev–Trinajstić information content (AvgIpc) is 3.32. The number of carbonyl (C=O) groups excluding carboxylic acids is 1. The van der Waals surface area contributed by atoms with Gasteiger partial charge in [-0.05, 0) is 47.2 Å². The van der Waals surface area contributed by atoms with E-state index in [0.717, 1.165) is 11.1 Å². The number of nitrogens with zero attached hydrogens (tertiary/aromatic N) is 2. The fourth-order valence-electron chi connectivity index (χ4n) is 3.85. The molecule has 1 aliphatic heterocycles. The van der Waals surface area contributed by atoms with Gasteiger partial charge in [0.05, 0.1) is 16.1 Å². The predicted molar refractivity (Wildman–Crippen MR) is 129 cm³/mol. The van der Waals surface area contributed by atoms with E-state index in [9.17, 15) is 18.0 Å². The summed E-state index contributed by atoms with van der Waals surface area (Å²) in [6.07, 6.45) is 0.592. The van der Waals surface area contributed by atoms with Crippen molar-refractivity contribution in [2.45, 2.75) is 24.5 Å². The number of carbonyl (C=O) groups is 1. The molecule has 0 atom stereocenters. The zero-order valence-electron chi connectivity index (χ0n) is 17.7. The summed E-state index contributed by atoms with van der Waals surface area (Å²) in [5, 5.41) is 1.77. The maximum Gasteiger partial charge on any atom is 0.338 e. The van der Waals surface area contributed by atoms with Crippen LogP contribution in [0, 0.1) is 0 Å². The summed E-state index contributed by atoms with van der Waals surface area (Å²) in [6.45, 7) is 0.273. The van der Waals surface area contributed by atoms with Gasteiger partial charge in [0.2, 0.25) is 10.0 Å². The van der Waals surface area contributed by atoms with E-state index in [1.165, 1.54) is 33.8 Å². The Morgan fingerprint density at radius 1 is 1.18 bits per heavy atom. The van der Waals surface area contributed by atoms with Crippen LogP contribution in [0.25, 0.3) is 10.2 Å². The minimum atomic E-state index is -3.95. The van der Waals surface area contributed by atoms with Gasteiger partial charge in [0.1, 0.15) is 22.0 Å². The average molecular weight is 516 g/mol. The largest absolute Gasteiger partial charge is 0.454 e. The van der Waals surface area contributed by atoms with Crippen molar-refractivity contribution >= 4 is 49.1 Å². The Hall–Kier alpha value is -3.05. The highest BCUT2D eigenvalue weighted by Crippen LogP contribution is 2.30. The Bertz CT molecular complexity index is 1580. The van der Waals surface area contributed by atoms with Crippen molar-refractivity contribution in [2.75, 3.05) is 6.54 Å². The molecule has 1 aliphatic rings. The highest BCUT2D eigenvalue weighted by molar-refractivity contribution is 7.89. The first-order valence-corrected chi connectivity index (χ1v) is 13.0. The minimum absolute atomic E-state index is 0.0179. The summed E-state index contributed by atoms with van der Waals surface area (Å²) in [5.41, 5.74) is 2.29. The molecule has 0 spiro atoms. The third-order valence-corrected chi connectivity index (χ3v) is 8.81. The summed E-state index contributed by atoms with van der Waals surface area (Å²) in [5.74, 6) is -0.566. The second-order valence-electron chi connectivity index (χ2n) is 7.73. The highest BCUT2D eigenvalue weighted by Gasteiger charge is 2.30. The smallest absolute Gasteiger partial charge is 0.338 e. The quantitative estimate of drug-likeness (QED) is 0.405. The van der Waals surface area contributed by atoms with E-state index in [2.05, 4.69) is 9.97 Å². The normalized spacial score (nSPS) is 14.1. The van der Waals surface area contributed by atoms with Crippen molar-refractivity contribution in [3.05, 3.63) is 91.8 Å². The minimum Gasteiger partial charge on any atom is -0.454 e. The molecule has 0 radical (unpaired) electrons. The van der Waals surface area contributed by atoms with E-state index < -0.39 is 16.0 Å². The number of sulfonamides is 1. The van der Waals surface area contributed by atoms with Crippen LogP contribution in [0.15, 0.2) is 63.6 Å². The molecule has 0 unspecified atom stereocenters. The molecule has 0 saturated heterocycles. The van der Waals surface area contributed by atoms with Gasteiger partial charge >= 0.3 is 5.97 Å². The molecule has 1 N–H and O–H groups in total. The molecular formula is C23H18ClN3O5S2. The lowest BCUT2D eigenvalue weighted by atomic mass is 10.0. The Morgan fingerprint density at radius 2 is 1.97 bits per heavy atom. The van der Waals surface area contributed by atoms with Gasteiger partial charge in [0, 0.05) is 13.1 Å². The van der Waals surface area contributed by atoms with Crippen LogP contribution >= 0.6 is 22.9 Å². The lowest BCUT2D eigenvalue weighted by Crippen LogP contribution is -2.36. The summed E-state index contributed by atoms with van der Waals surface area (Å²) >= 11 is 7.50. The van der Waals surface area contributed by atoms with Gasteiger partial charge in [0.25, 0.3) is 5.56 Å². The molecule has 174 valence electrons. The summed E-state index contributed by atoms with van der Waals surface area (Å²) in [4.78, 5) is 31.4. The molecule has 4 aromatic rings. The van der Waals surface area contributed by atoms with E-state index in [1.807, 2.05) is 24.3 Å². The number of H-pyrrole nitrogens is 1.